The third-order valence-electron chi connectivity index (χ3n) is 3.65. The Kier molecular flexibility index (Phi) is 4.24. The standard InChI is InChI=1S/C16H13Cl2FN4/c1-16(22-23-10-20-9-21-23,11-2-5-13(19)6-3-11)14-7-4-12(17)8-15(14)18/h2-10,22H,1H3. The van der Waals surface area contributed by atoms with Crippen LogP contribution < -0.4 is 5.43 Å². The third-order valence-corrected chi connectivity index (χ3v) is 4.20. The first-order valence-electron chi connectivity index (χ1n) is 6.83. The first-order chi connectivity index (χ1) is 11.0. The molecule has 2 aromatic carbocycles. The van der Waals surface area contributed by atoms with Crippen molar-refractivity contribution in [1.29, 1.82) is 0 Å². The van der Waals surface area contributed by atoms with E-state index in [1.54, 1.807) is 24.3 Å². The zero-order valence-corrected chi connectivity index (χ0v) is 13.7. The molecule has 3 rings (SSSR count). The molecule has 23 heavy (non-hydrogen) atoms. The maximum absolute atomic E-state index is 13.3. The van der Waals surface area contributed by atoms with Gasteiger partial charge in [-0.1, -0.05) is 41.4 Å². The monoisotopic (exact) mass is 350 g/mol. The van der Waals surface area contributed by atoms with Gasteiger partial charge in [0.1, 0.15) is 24.0 Å². The highest BCUT2D eigenvalue weighted by Gasteiger charge is 2.32. The molecule has 4 nitrogen and oxygen atoms in total. The van der Waals surface area contributed by atoms with Crippen LogP contribution in [0.2, 0.25) is 10.0 Å². The van der Waals surface area contributed by atoms with Gasteiger partial charge in [-0.05, 0) is 36.8 Å². The lowest BCUT2D eigenvalue weighted by Crippen LogP contribution is -2.39. The summed E-state index contributed by atoms with van der Waals surface area (Å²) < 4.78 is 13.3. The molecule has 0 amide bonds. The Labute approximate surface area is 142 Å². The fourth-order valence-electron chi connectivity index (χ4n) is 2.45. The van der Waals surface area contributed by atoms with Gasteiger partial charge in [0.25, 0.3) is 0 Å². The molecule has 0 fully saturated rings. The van der Waals surface area contributed by atoms with Gasteiger partial charge in [0, 0.05) is 15.6 Å². The number of rotatable bonds is 4. The quantitative estimate of drug-likeness (QED) is 0.765. The number of nitrogens with one attached hydrogen (secondary N) is 1. The van der Waals surface area contributed by atoms with Gasteiger partial charge in [0.15, 0.2) is 0 Å². The average molecular weight is 351 g/mol. The third kappa shape index (κ3) is 3.16. The second-order valence-electron chi connectivity index (χ2n) is 5.21. The van der Waals surface area contributed by atoms with Crippen LogP contribution >= 0.6 is 23.2 Å². The van der Waals surface area contributed by atoms with Crippen LogP contribution in [0.3, 0.4) is 0 Å². The number of hydrogen-bond donors (Lipinski definition) is 1. The molecule has 0 spiro atoms. The lowest BCUT2D eigenvalue weighted by atomic mass is 9.85. The van der Waals surface area contributed by atoms with Gasteiger partial charge in [-0.15, -0.1) is 5.10 Å². The number of benzene rings is 2. The molecule has 118 valence electrons. The van der Waals surface area contributed by atoms with E-state index in [-0.39, 0.29) is 5.82 Å². The van der Waals surface area contributed by atoms with Crippen molar-refractivity contribution in [2.75, 3.05) is 5.43 Å². The molecule has 0 aliphatic heterocycles. The Bertz CT molecular complexity index is 805. The smallest absolute Gasteiger partial charge is 0.139 e. The van der Waals surface area contributed by atoms with E-state index < -0.39 is 5.54 Å². The van der Waals surface area contributed by atoms with Crippen LogP contribution in [0, 0.1) is 5.82 Å². The van der Waals surface area contributed by atoms with Crippen molar-refractivity contribution in [3.05, 3.63) is 82.1 Å². The Balaban J connectivity index is 2.14. The largest absolute Gasteiger partial charge is 0.294 e. The van der Waals surface area contributed by atoms with Crippen molar-refractivity contribution in [2.24, 2.45) is 0 Å². The predicted octanol–water partition coefficient (Wildman–Crippen LogP) is 4.23. The van der Waals surface area contributed by atoms with Crippen LogP contribution in [0.15, 0.2) is 55.1 Å². The predicted molar refractivity (Wildman–Crippen MR) is 88.7 cm³/mol. The highest BCUT2D eigenvalue weighted by molar-refractivity contribution is 6.35. The van der Waals surface area contributed by atoms with Crippen molar-refractivity contribution >= 4 is 23.2 Å². The van der Waals surface area contributed by atoms with Crippen molar-refractivity contribution in [3.63, 3.8) is 0 Å². The van der Waals surface area contributed by atoms with Gasteiger partial charge in [0.2, 0.25) is 0 Å². The Hall–Kier alpha value is -2.11. The minimum atomic E-state index is -0.761. The Morgan fingerprint density at radius 2 is 1.87 bits per heavy atom. The number of halogens is 3. The van der Waals surface area contributed by atoms with E-state index in [4.69, 9.17) is 23.2 Å². The normalized spacial score (nSPS) is 13.6. The van der Waals surface area contributed by atoms with E-state index in [2.05, 4.69) is 15.5 Å². The molecule has 0 radical (unpaired) electrons. The van der Waals surface area contributed by atoms with E-state index in [9.17, 15) is 4.39 Å². The Morgan fingerprint density at radius 3 is 2.48 bits per heavy atom. The summed E-state index contributed by atoms with van der Waals surface area (Å²) in [4.78, 5) is 5.40. The first-order valence-corrected chi connectivity index (χ1v) is 7.59. The molecule has 0 bridgehead atoms. The summed E-state index contributed by atoms with van der Waals surface area (Å²) in [7, 11) is 0. The van der Waals surface area contributed by atoms with Crippen molar-refractivity contribution < 1.29 is 4.39 Å². The maximum atomic E-state index is 13.3. The summed E-state index contributed by atoms with van der Waals surface area (Å²) in [6, 6.07) is 11.5. The van der Waals surface area contributed by atoms with E-state index in [0.29, 0.717) is 10.0 Å². The zero-order chi connectivity index (χ0) is 16.4. The summed E-state index contributed by atoms with van der Waals surface area (Å²) in [6.45, 7) is 1.93. The minimum Gasteiger partial charge on any atom is -0.294 e. The van der Waals surface area contributed by atoms with Crippen LogP contribution in [-0.4, -0.2) is 14.9 Å². The summed E-state index contributed by atoms with van der Waals surface area (Å²) in [5.41, 5.74) is 4.08. The zero-order valence-electron chi connectivity index (χ0n) is 12.2. The van der Waals surface area contributed by atoms with Gasteiger partial charge >= 0.3 is 0 Å². The summed E-state index contributed by atoms with van der Waals surface area (Å²) in [6.07, 6.45) is 2.95. The Morgan fingerprint density at radius 1 is 1.13 bits per heavy atom. The lowest BCUT2D eigenvalue weighted by Gasteiger charge is -2.33. The van der Waals surface area contributed by atoms with Crippen LogP contribution in [-0.2, 0) is 5.54 Å². The molecule has 0 saturated heterocycles. The molecule has 1 N–H and O–H groups in total. The van der Waals surface area contributed by atoms with E-state index >= 15 is 0 Å². The SMILES string of the molecule is CC(Nn1cncn1)(c1ccc(F)cc1)c1ccc(Cl)cc1Cl. The van der Waals surface area contributed by atoms with E-state index in [1.165, 1.54) is 29.6 Å². The average Bonchev–Trinajstić information content (AvgIpc) is 3.00. The molecule has 7 heteroatoms. The van der Waals surface area contributed by atoms with Crippen LogP contribution in [0.4, 0.5) is 4.39 Å². The number of aromatic nitrogens is 3. The first kappa shape index (κ1) is 15.8. The van der Waals surface area contributed by atoms with Gasteiger partial charge in [-0.25, -0.2) is 9.37 Å². The number of nitrogens with zero attached hydrogens (tertiary/aromatic N) is 3. The molecule has 0 saturated carbocycles. The van der Waals surface area contributed by atoms with Gasteiger partial charge < -0.3 is 0 Å². The topological polar surface area (TPSA) is 42.7 Å². The molecule has 1 atom stereocenters. The van der Waals surface area contributed by atoms with Crippen LogP contribution in [0.1, 0.15) is 18.1 Å². The van der Waals surface area contributed by atoms with Gasteiger partial charge in [-0.3, -0.25) is 5.43 Å². The van der Waals surface area contributed by atoms with E-state index in [1.807, 2.05) is 13.0 Å². The lowest BCUT2D eigenvalue weighted by molar-refractivity contribution is 0.538. The van der Waals surface area contributed by atoms with E-state index in [0.717, 1.165) is 11.1 Å². The molecule has 1 aromatic heterocycles. The van der Waals surface area contributed by atoms with Gasteiger partial charge in [0.05, 0.1) is 0 Å². The number of hydrogen-bond acceptors (Lipinski definition) is 3. The molecule has 1 heterocycles. The summed E-state index contributed by atoms with van der Waals surface area (Å²) in [5, 5.41) is 5.11. The molecule has 0 aliphatic carbocycles. The van der Waals surface area contributed by atoms with Crippen molar-refractivity contribution in [3.8, 4) is 0 Å². The second-order valence-corrected chi connectivity index (χ2v) is 6.05. The fraction of sp³-hybridized carbons (Fsp3) is 0.125. The van der Waals surface area contributed by atoms with Crippen molar-refractivity contribution in [1.82, 2.24) is 14.9 Å². The van der Waals surface area contributed by atoms with Crippen LogP contribution in [0.25, 0.3) is 0 Å². The van der Waals surface area contributed by atoms with Gasteiger partial charge in [-0.2, -0.15) is 4.79 Å². The highest BCUT2D eigenvalue weighted by Crippen LogP contribution is 2.36. The molecule has 3 aromatic rings. The molecular weight excluding hydrogens is 338 g/mol. The second kappa shape index (κ2) is 6.18. The molecule has 1 unspecified atom stereocenters. The fourth-order valence-corrected chi connectivity index (χ4v) is 3.05. The minimum absolute atomic E-state index is 0.306. The highest BCUT2D eigenvalue weighted by atomic mass is 35.5. The summed E-state index contributed by atoms with van der Waals surface area (Å²) in [5.74, 6) is -0.306. The maximum Gasteiger partial charge on any atom is 0.139 e. The van der Waals surface area contributed by atoms with Crippen molar-refractivity contribution in [2.45, 2.75) is 12.5 Å². The van der Waals surface area contributed by atoms with Crippen LogP contribution in [0.5, 0.6) is 0 Å². The molecule has 0 aliphatic rings. The summed E-state index contributed by atoms with van der Waals surface area (Å²) >= 11 is 12.4. The molecular formula is C16H13Cl2FN4.